The van der Waals surface area contributed by atoms with Crippen molar-refractivity contribution in [1.29, 1.82) is 0 Å². The minimum atomic E-state index is -0.536. The van der Waals surface area contributed by atoms with Crippen molar-refractivity contribution in [3.63, 3.8) is 0 Å². The van der Waals surface area contributed by atoms with E-state index < -0.39 is 11.9 Å². The minimum absolute atomic E-state index is 0.0152. The van der Waals surface area contributed by atoms with Crippen LogP contribution in [-0.2, 0) is 14.3 Å². The first-order valence-corrected chi connectivity index (χ1v) is 6.16. The fraction of sp³-hybridized carbons (Fsp3) is 0.125. The molecule has 4 nitrogen and oxygen atoms in total. The Balaban J connectivity index is 2.01. The molecule has 0 heterocycles. The molecular formula is C16H14O4. The second-order valence-corrected chi connectivity index (χ2v) is 4.03. The molecule has 0 spiro atoms. The maximum absolute atomic E-state index is 12.0. The van der Waals surface area contributed by atoms with Gasteiger partial charge >= 0.3 is 11.9 Å². The molecule has 2 aromatic carbocycles. The summed E-state index contributed by atoms with van der Waals surface area (Å²) >= 11 is 0. The van der Waals surface area contributed by atoms with Crippen molar-refractivity contribution in [2.24, 2.45) is 0 Å². The lowest BCUT2D eigenvalue weighted by molar-refractivity contribution is -0.138. The zero-order valence-electron chi connectivity index (χ0n) is 10.9. The Labute approximate surface area is 116 Å². The van der Waals surface area contributed by atoms with Crippen LogP contribution < -0.4 is 0 Å². The normalized spacial score (nSPS) is 10.0. The predicted octanol–water partition coefficient (Wildman–Crippen LogP) is 2.73. The molecule has 0 unspecified atom stereocenters. The summed E-state index contributed by atoms with van der Waals surface area (Å²) in [6.07, 6.45) is 1.06. The maximum Gasteiger partial charge on any atom is 0.338 e. The van der Waals surface area contributed by atoms with Gasteiger partial charge in [0.15, 0.2) is 0 Å². The van der Waals surface area contributed by atoms with Crippen LogP contribution in [0.1, 0.15) is 10.4 Å². The fourth-order valence-electron chi connectivity index (χ4n) is 1.82. The highest BCUT2D eigenvalue weighted by Gasteiger charge is 2.10. The molecule has 0 N–H and O–H groups in total. The highest BCUT2D eigenvalue weighted by Crippen LogP contribution is 2.19. The second kappa shape index (κ2) is 6.52. The molecule has 2 rings (SSSR count). The number of hydrogen-bond acceptors (Lipinski definition) is 4. The van der Waals surface area contributed by atoms with Crippen LogP contribution >= 0.6 is 0 Å². The first-order chi connectivity index (χ1) is 9.72. The van der Waals surface area contributed by atoms with Crippen LogP contribution in [0.5, 0.6) is 0 Å². The first kappa shape index (κ1) is 13.8. The Kier molecular flexibility index (Phi) is 4.50. The van der Waals surface area contributed by atoms with Gasteiger partial charge in [0.05, 0.1) is 5.56 Å². The molecule has 4 heteroatoms. The molecule has 0 saturated heterocycles. The maximum atomic E-state index is 12.0. The smallest absolute Gasteiger partial charge is 0.338 e. The van der Waals surface area contributed by atoms with Crippen molar-refractivity contribution in [2.75, 3.05) is 13.2 Å². The van der Waals surface area contributed by atoms with Crippen LogP contribution in [0, 0.1) is 0 Å². The monoisotopic (exact) mass is 270 g/mol. The minimum Gasteiger partial charge on any atom is -0.459 e. The lowest BCUT2D eigenvalue weighted by Gasteiger charge is -2.07. The summed E-state index contributed by atoms with van der Waals surface area (Å²) in [5, 5.41) is 1.81. The van der Waals surface area contributed by atoms with Crippen molar-refractivity contribution in [3.8, 4) is 0 Å². The van der Waals surface area contributed by atoms with Gasteiger partial charge in [0.1, 0.15) is 13.2 Å². The van der Waals surface area contributed by atoms with E-state index in [9.17, 15) is 9.59 Å². The molecule has 0 bridgehead atoms. The van der Waals surface area contributed by atoms with E-state index in [0.29, 0.717) is 5.56 Å². The van der Waals surface area contributed by atoms with E-state index in [1.54, 1.807) is 12.1 Å². The van der Waals surface area contributed by atoms with Crippen LogP contribution in [0.4, 0.5) is 0 Å². The van der Waals surface area contributed by atoms with E-state index in [1.807, 2.05) is 30.3 Å². The van der Waals surface area contributed by atoms with Gasteiger partial charge in [0.25, 0.3) is 0 Å². The summed E-state index contributed by atoms with van der Waals surface area (Å²) in [6.45, 7) is 3.30. The third-order valence-corrected chi connectivity index (χ3v) is 2.74. The van der Waals surface area contributed by atoms with Gasteiger partial charge in [-0.2, -0.15) is 0 Å². The van der Waals surface area contributed by atoms with Gasteiger partial charge in [0.2, 0.25) is 0 Å². The molecular weight excluding hydrogens is 256 g/mol. The molecule has 20 heavy (non-hydrogen) atoms. The Morgan fingerprint density at radius 2 is 1.70 bits per heavy atom. The molecule has 0 radical (unpaired) electrons. The summed E-state index contributed by atoms with van der Waals surface area (Å²) in [6, 6.07) is 13.0. The number of hydrogen-bond donors (Lipinski definition) is 0. The summed E-state index contributed by atoms with van der Waals surface area (Å²) in [7, 11) is 0. The average Bonchev–Trinajstić information content (AvgIpc) is 2.50. The number of carbonyl (C=O) groups excluding carboxylic acids is 2. The third-order valence-electron chi connectivity index (χ3n) is 2.74. The fourth-order valence-corrected chi connectivity index (χ4v) is 1.82. The van der Waals surface area contributed by atoms with Gasteiger partial charge in [0, 0.05) is 6.08 Å². The summed E-state index contributed by atoms with van der Waals surface area (Å²) in [5.41, 5.74) is 0.498. The lowest BCUT2D eigenvalue weighted by Crippen LogP contribution is -2.13. The molecule has 2 aromatic rings. The number of ether oxygens (including phenoxy) is 2. The molecule has 0 amide bonds. The highest BCUT2D eigenvalue weighted by atomic mass is 16.6. The molecule has 102 valence electrons. The van der Waals surface area contributed by atoms with Gasteiger partial charge in [-0.15, -0.1) is 0 Å². The Morgan fingerprint density at radius 1 is 1.00 bits per heavy atom. The highest BCUT2D eigenvalue weighted by molar-refractivity contribution is 6.04. The van der Waals surface area contributed by atoms with Crippen LogP contribution in [0.2, 0.25) is 0 Å². The van der Waals surface area contributed by atoms with Crippen LogP contribution in [0.3, 0.4) is 0 Å². The molecule has 0 aromatic heterocycles. The van der Waals surface area contributed by atoms with Crippen molar-refractivity contribution < 1.29 is 19.1 Å². The van der Waals surface area contributed by atoms with Crippen molar-refractivity contribution in [3.05, 3.63) is 60.7 Å². The first-order valence-electron chi connectivity index (χ1n) is 6.16. The zero-order chi connectivity index (χ0) is 14.4. The van der Waals surface area contributed by atoms with Gasteiger partial charge in [-0.3, -0.25) is 0 Å². The SMILES string of the molecule is C=CC(=O)OCCOC(=O)c1cccc2ccccc12. The lowest BCUT2D eigenvalue weighted by atomic mass is 10.1. The van der Waals surface area contributed by atoms with E-state index in [1.165, 1.54) is 0 Å². The standard InChI is InChI=1S/C16H14O4/c1-2-15(17)19-10-11-20-16(18)14-9-5-7-12-6-3-4-8-13(12)14/h2-9H,1,10-11H2. The van der Waals surface area contributed by atoms with E-state index in [-0.39, 0.29) is 13.2 Å². The number of rotatable bonds is 5. The quantitative estimate of drug-likeness (QED) is 0.476. The van der Waals surface area contributed by atoms with Crippen molar-refractivity contribution in [1.82, 2.24) is 0 Å². The Bertz CT molecular complexity index is 640. The molecule has 0 atom stereocenters. The largest absolute Gasteiger partial charge is 0.459 e. The zero-order valence-corrected chi connectivity index (χ0v) is 10.9. The predicted molar refractivity (Wildman–Crippen MR) is 75.4 cm³/mol. The van der Waals surface area contributed by atoms with E-state index >= 15 is 0 Å². The second-order valence-electron chi connectivity index (χ2n) is 4.03. The van der Waals surface area contributed by atoms with Gasteiger partial charge in [-0.25, -0.2) is 9.59 Å². The van der Waals surface area contributed by atoms with Gasteiger partial charge in [-0.05, 0) is 16.8 Å². The summed E-state index contributed by atoms with van der Waals surface area (Å²) < 4.78 is 9.81. The van der Waals surface area contributed by atoms with Gasteiger partial charge < -0.3 is 9.47 Å². The van der Waals surface area contributed by atoms with Crippen LogP contribution in [-0.4, -0.2) is 25.2 Å². The summed E-state index contributed by atoms with van der Waals surface area (Å²) in [5.74, 6) is -0.970. The summed E-state index contributed by atoms with van der Waals surface area (Å²) in [4.78, 5) is 22.8. The molecule has 0 saturated carbocycles. The van der Waals surface area contributed by atoms with Crippen LogP contribution in [0.25, 0.3) is 10.8 Å². The third kappa shape index (κ3) is 3.23. The number of esters is 2. The number of benzene rings is 2. The van der Waals surface area contributed by atoms with Crippen LogP contribution in [0.15, 0.2) is 55.1 Å². The van der Waals surface area contributed by atoms with Crippen molar-refractivity contribution >= 4 is 22.7 Å². The molecule has 0 aliphatic rings. The van der Waals surface area contributed by atoms with E-state index in [4.69, 9.17) is 9.47 Å². The molecule has 0 aliphatic carbocycles. The number of fused-ring (bicyclic) bond motifs is 1. The number of carbonyl (C=O) groups is 2. The Morgan fingerprint density at radius 3 is 2.50 bits per heavy atom. The average molecular weight is 270 g/mol. The topological polar surface area (TPSA) is 52.6 Å². The Hall–Kier alpha value is -2.62. The molecule has 0 aliphatic heterocycles. The van der Waals surface area contributed by atoms with Gasteiger partial charge in [-0.1, -0.05) is 43.0 Å². The van der Waals surface area contributed by atoms with E-state index in [2.05, 4.69) is 6.58 Å². The molecule has 0 fully saturated rings. The van der Waals surface area contributed by atoms with E-state index in [0.717, 1.165) is 16.8 Å². The van der Waals surface area contributed by atoms with Crippen molar-refractivity contribution in [2.45, 2.75) is 0 Å².